The summed E-state index contributed by atoms with van der Waals surface area (Å²) in [5.74, 6) is -0.997. The maximum atomic E-state index is 13.6. The van der Waals surface area contributed by atoms with E-state index in [1.54, 1.807) is 18.4 Å². The summed E-state index contributed by atoms with van der Waals surface area (Å²) in [6.07, 6.45) is 0.282. The highest BCUT2D eigenvalue weighted by atomic mass is 79.9. The third-order valence-corrected chi connectivity index (χ3v) is 4.59. The summed E-state index contributed by atoms with van der Waals surface area (Å²) in [5, 5.41) is 7.02. The molecule has 0 radical (unpaired) electrons. The van der Waals surface area contributed by atoms with Crippen LogP contribution in [0.15, 0.2) is 33.4 Å². The van der Waals surface area contributed by atoms with Crippen LogP contribution in [0.2, 0.25) is 0 Å². The first-order valence-electron chi connectivity index (χ1n) is 5.45. The van der Waals surface area contributed by atoms with Gasteiger partial charge in [0.05, 0.1) is 0 Å². The van der Waals surface area contributed by atoms with Crippen molar-refractivity contribution < 1.29 is 8.78 Å². The van der Waals surface area contributed by atoms with Gasteiger partial charge in [0.25, 0.3) is 0 Å². The Morgan fingerprint density at radius 1 is 1.28 bits per heavy atom. The molecule has 0 aliphatic carbocycles. The Bertz CT molecular complexity index is 521. The van der Waals surface area contributed by atoms with Gasteiger partial charge in [0.1, 0.15) is 11.6 Å². The summed E-state index contributed by atoms with van der Waals surface area (Å²) in [5.41, 5.74) is 1.14. The zero-order valence-corrected chi connectivity index (χ0v) is 12.1. The molecule has 0 bridgehead atoms. The average Bonchev–Trinajstić information content (AvgIpc) is 2.76. The summed E-state index contributed by atoms with van der Waals surface area (Å²) in [6, 6.07) is 3.84. The van der Waals surface area contributed by atoms with Gasteiger partial charge in [-0.05, 0) is 52.5 Å². The molecule has 1 aromatic heterocycles. The van der Waals surface area contributed by atoms with Crippen molar-refractivity contribution in [1.82, 2.24) is 5.32 Å². The second-order valence-corrected chi connectivity index (χ2v) is 5.52. The maximum absolute atomic E-state index is 13.6. The lowest BCUT2D eigenvalue weighted by molar-refractivity contribution is 0.515. The Balaban J connectivity index is 2.29. The fourth-order valence-corrected chi connectivity index (χ4v) is 3.47. The highest BCUT2D eigenvalue weighted by molar-refractivity contribution is 9.10. The van der Waals surface area contributed by atoms with Crippen molar-refractivity contribution in [3.05, 3.63) is 56.2 Å². The van der Waals surface area contributed by atoms with E-state index in [1.807, 2.05) is 10.8 Å². The summed E-state index contributed by atoms with van der Waals surface area (Å²) in [4.78, 5) is 0. The molecule has 0 saturated carbocycles. The number of thiophene rings is 1. The van der Waals surface area contributed by atoms with E-state index in [9.17, 15) is 8.78 Å². The number of benzene rings is 1. The van der Waals surface area contributed by atoms with Crippen LogP contribution in [0.3, 0.4) is 0 Å². The molecule has 18 heavy (non-hydrogen) atoms. The zero-order chi connectivity index (χ0) is 13.1. The highest BCUT2D eigenvalue weighted by Gasteiger charge is 2.18. The van der Waals surface area contributed by atoms with E-state index in [2.05, 4.69) is 21.2 Å². The minimum atomic E-state index is -0.499. The predicted octanol–water partition coefficient (Wildman–Crippen LogP) is 4.29. The van der Waals surface area contributed by atoms with Gasteiger partial charge in [0.2, 0.25) is 0 Å². The average molecular weight is 332 g/mol. The molecule has 0 spiro atoms. The number of hydrogen-bond acceptors (Lipinski definition) is 2. The molecule has 0 amide bonds. The molecule has 1 atom stereocenters. The number of hydrogen-bond donors (Lipinski definition) is 1. The van der Waals surface area contributed by atoms with Crippen molar-refractivity contribution in [2.45, 2.75) is 12.5 Å². The minimum absolute atomic E-state index is 0.114. The van der Waals surface area contributed by atoms with Crippen LogP contribution >= 0.6 is 27.3 Å². The van der Waals surface area contributed by atoms with Gasteiger partial charge in [-0.15, -0.1) is 0 Å². The predicted molar refractivity (Wildman–Crippen MR) is 73.9 cm³/mol. The summed E-state index contributed by atoms with van der Waals surface area (Å²) in [7, 11) is 1.79. The first-order valence-corrected chi connectivity index (χ1v) is 7.18. The molecule has 5 heteroatoms. The normalized spacial score (nSPS) is 12.7. The van der Waals surface area contributed by atoms with Gasteiger partial charge in [-0.1, -0.05) is 6.07 Å². The third kappa shape index (κ3) is 2.79. The molecular formula is C13H12BrF2NS. The number of rotatable bonds is 4. The Morgan fingerprint density at radius 3 is 2.44 bits per heavy atom. The van der Waals surface area contributed by atoms with Crippen LogP contribution in [-0.2, 0) is 6.42 Å². The topological polar surface area (TPSA) is 12.0 Å². The van der Waals surface area contributed by atoms with Crippen LogP contribution in [0.25, 0.3) is 0 Å². The van der Waals surface area contributed by atoms with Gasteiger partial charge < -0.3 is 5.32 Å². The summed E-state index contributed by atoms with van der Waals surface area (Å²) < 4.78 is 28.2. The lowest BCUT2D eigenvalue weighted by Crippen LogP contribution is -2.19. The SMILES string of the molecule is CNC(Cc1c(F)cccc1F)c1cscc1Br. The Morgan fingerprint density at radius 2 is 1.94 bits per heavy atom. The molecule has 2 aromatic rings. The van der Waals surface area contributed by atoms with E-state index < -0.39 is 11.6 Å². The monoisotopic (exact) mass is 331 g/mol. The van der Waals surface area contributed by atoms with Gasteiger partial charge in [0, 0.05) is 21.5 Å². The van der Waals surface area contributed by atoms with Gasteiger partial charge in [0.15, 0.2) is 0 Å². The molecule has 0 aliphatic heterocycles. The van der Waals surface area contributed by atoms with E-state index in [-0.39, 0.29) is 18.0 Å². The first kappa shape index (κ1) is 13.6. The van der Waals surface area contributed by atoms with Crippen LogP contribution in [0.5, 0.6) is 0 Å². The van der Waals surface area contributed by atoms with Crippen molar-refractivity contribution in [2.75, 3.05) is 7.05 Å². The quantitative estimate of drug-likeness (QED) is 0.881. The largest absolute Gasteiger partial charge is 0.313 e. The lowest BCUT2D eigenvalue weighted by Gasteiger charge is -2.16. The molecule has 1 nitrogen and oxygen atoms in total. The van der Waals surface area contributed by atoms with Crippen LogP contribution < -0.4 is 5.32 Å². The van der Waals surface area contributed by atoms with Gasteiger partial charge in [-0.25, -0.2) is 8.78 Å². The van der Waals surface area contributed by atoms with E-state index in [0.717, 1.165) is 10.0 Å². The molecule has 1 aromatic carbocycles. The van der Waals surface area contributed by atoms with Gasteiger partial charge >= 0.3 is 0 Å². The van der Waals surface area contributed by atoms with Gasteiger partial charge in [-0.3, -0.25) is 0 Å². The van der Waals surface area contributed by atoms with E-state index in [0.29, 0.717) is 0 Å². The number of likely N-dealkylation sites (N-methyl/N-ethyl adjacent to an activating group) is 1. The molecule has 96 valence electrons. The third-order valence-electron chi connectivity index (χ3n) is 2.84. The van der Waals surface area contributed by atoms with E-state index >= 15 is 0 Å². The van der Waals surface area contributed by atoms with Crippen molar-refractivity contribution in [2.24, 2.45) is 0 Å². The number of halogens is 3. The molecule has 1 N–H and O–H groups in total. The minimum Gasteiger partial charge on any atom is -0.313 e. The molecule has 1 heterocycles. The summed E-state index contributed by atoms with van der Waals surface area (Å²) in [6.45, 7) is 0. The molecule has 0 aliphatic rings. The van der Waals surface area contributed by atoms with Crippen LogP contribution in [0, 0.1) is 11.6 Å². The molecule has 0 fully saturated rings. The Hall–Kier alpha value is -0.780. The second-order valence-electron chi connectivity index (χ2n) is 3.92. The smallest absolute Gasteiger partial charge is 0.129 e. The van der Waals surface area contributed by atoms with Crippen molar-refractivity contribution >= 4 is 27.3 Å². The maximum Gasteiger partial charge on any atom is 0.129 e. The fourth-order valence-electron chi connectivity index (χ4n) is 1.84. The molecule has 1 unspecified atom stereocenters. The van der Waals surface area contributed by atoms with E-state index in [4.69, 9.17) is 0 Å². The van der Waals surface area contributed by atoms with Crippen molar-refractivity contribution in [3.63, 3.8) is 0 Å². The van der Waals surface area contributed by atoms with E-state index in [1.165, 1.54) is 18.2 Å². The molecule has 0 saturated heterocycles. The van der Waals surface area contributed by atoms with Crippen LogP contribution in [-0.4, -0.2) is 7.05 Å². The first-order chi connectivity index (χ1) is 8.63. The van der Waals surface area contributed by atoms with Crippen molar-refractivity contribution in [1.29, 1.82) is 0 Å². The Kier molecular flexibility index (Phi) is 4.48. The van der Waals surface area contributed by atoms with Crippen LogP contribution in [0.4, 0.5) is 8.78 Å². The summed E-state index contributed by atoms with van der Waals surface area (Å²) >= 11 is 5.00. The van der Waals surface area contributed by atoms with Gasteiger partial charge in [-0.2, -0.15) is 11.3 Å². The zero-order valence-electron chi connectivity index (χ0n) is 9.71. The highest BCUT2D eigenvalue weighted by Crippen LogP contribution is 2.30. The second kappa shape index (κ2) is 5.91. The van der Waals surface area contributed by atoms with Crippen molar-refractivity contribution in [3.8, 4) is 0 Å². The lowest BCUT2D eigenvalue weighted by atomic mass is 10.0. The molecular weight excluding hydrogens is 320 g/mol. The standard InChI is InChI=1S/C13H12BrF2NS/c1-17-13(9-6-18-7-10(9)14)5-8-11(15)3-2-4-12(8)16/h2-4,6-7,13,17H,5H2,1H3. The van der Waals surface area contributed by atoms with Crippen LogP contribution in [0.1, 0.15) is 17.2 Å². The molecule has 2 rings (SSSR count). The fraction of sp³-hybridized carbons (Fsp3) is 0.231. The number of nitrogens with one attached hydrogen (secondary N) is 1. The Labute approximate surface area is 117 Å².